The van der Waals surface area contributed by atoms with Gasteiger partial charge in [-0.05, 0) is 36.8 Å². The number of nitrogens with one attached hydrogen (secondary N) is 3. The first-order chi connectivity index (χ1) is 10.7. The summed E-state index contributed by atoms with van der Waals surface area (Å²) in [6.45, 7) is 2.89. The van der Waals surface area contributed by atoms with Crippen molar-refractivity contribution in [1.29, 1.82) is 0 Å². The highest BCUT2D eigenvalue weighted by Gasteiger charge is 2.01. The summed E-state index contributed by atoms with van der Waals surface area (Å²) in [6, 6.07) is 11.0. The molecule has 0 aliphatic heterocycles. The van der Waals surface area contributed by atoms with Gasteiger partial charge in [0.05, 0.1) is 18.1 Å². The third-order valence-corrected chi connectivity index (χ3v) is 2.94. The Morgan fingerprint density at radius 2 is 2.00 bits per heavy atom. The molecule has 6 heteroatoms. The number of hydrazone groups is 1. The summed E-state index contributed by atoms with van der Waals surface area (Å²) in [5.41, 5.74) is 5.35. The molecule has 2 aromatic rings. The summed E-state index contributed by atoms with van der Waals surface area (Å²) < 4.78 is 0. The first-order valence-corrected chi connectivity index (χ1v) is 7.04. The van der Waals surface area contributed by atoms with Gasteiger partial charge in [0.1, 0.15) is 5.82 Å². The Kier molecular flexibility index (Phi) is 5.48. The first kappa shape index (κ1) is 15.5. The summed E-state index contributed by atoms with van der Waals surface area (Å²) in [6.07, 6.45) is 3.42. The van der Waals surface area contributed by atoms with E-state index in [4.69, 9.17) is 0 Å². The molecule has 22 heavy (non-hydrogen) atoms. The van der Waals surface area contributed by atoms with E-state index >= 15 is 0 Å². The average Bonchev–Trinajstić information content (AvgIpc) is 2.56. The zero-order valence-corrected chi connectivity index (χ0v) is 12.6. The van der Waals surface area contributed by atoms with E-state index in [0.29, 0.717) is 11.4 Å². The molecule has 0 aliphatic carbocycles. The van der Waals surface area contributed by atoms with Crippen molar-refractivity contribution in [3.05, 3.63) is 53.7 Å². The minimum Gasteiger partial charge on any atom is -0.384 e. The van der Waals surface area contributed by atoms with Gasteiger partial charge in [0.2, 0.25) is 0 Å². The fourth-order valence-electron chi connectivity index (χ4n) is 1.81. The lowest BCUT2D eigenvalue weighted by atomic mass is 10.1. The summed E-state index contributed by atoms with van der Waals surface area (Å²) in [5, 5.41) is 9.88. The van der Waals surface area contributed by atoms with Crippen LogP contribution in [0.2, 0.25) is 0 Å². The predicted molar refractivity (Wildman–Crippen MR) is 89.4 cm³/mol. The van der Waals surface area contributed by atoms with Crippen molar-refractivity contribution in [2.75, 3.05) is 24.3 Å². The van der Waals surface area contributed by atoms with Crippen molar-refractivity contribution >= 4 is 23.6 Å². The highest BCUT2D eigenvalue weighted by Crippen LogP contribution is 2.09. The van der Waals surface area contributed by atoms with Crippen molar-refractivity contribution in [3.63, 3.8) is 0 Å². The molecule has 0 radical (unpaired) electrons. The maximum Gasteiger partial charge on any atom is 0.251 e. The Hall–Kier alpha value is -2.89. The molecular formula is C16H19N5O. The fraction of sp³-hybridized carbons (Fsp3) is 0.188. The molecule has 1 amide bonds. The number of pyridine rings is 1. The molecule has 0 bridgehead atoms. The van der Waals surface area contributed by atoms with Gasteiger partial charge < -0.3 is 10.6 Å². The summed E-state index contributed by atoms with van der Waals surface area (Å²) in [5.74, 6) is 0.562. The van der Waals surface area contributed by atoms with Crippen LogP contribution in [0.4, 0.5) is 11.5 Å². The quantitative estimate of drug-likeness (QED) is 0.565. The van der Waals surface area contributed by atoms with E-state index in [2.05, 4.69) is 26.1 Å². The summed E-state index contributed by atoms with van der Waals surface area (Å²) in [7, 11) is 1.61. The number of nitrogens with zero attached hydrogens (tertiary/aromatic N) is 2. The zero-order chi connectivity index (χ0) is 15.8. The number of carbonyl (C=O) groups is 1. The summed E-state index contributed by atoms with van der Waals surface area (Å²) >= 11 is 0. The second kappa shape index (κ2) is 7.78. The van der Waals surface area contributed by atoms with Gasteiger partial charge in [-0.15, -0.1) is 0 Å². The lowest BCUT2D eigenvalue weighted by Crippen LogP contribution is -2.17. The number of anilines is 2. The molecule has 0 fully saturated rings. The molecule has 6 nitrogen and oxygen atoms in total. The molecule has 0 saturated heterocycles. The van der Waals surface area contributed by atoms with Gasteiger partial charge in [0, 0.05) is 19.2 Å². The van der Waals surface area contributed by atoms with Crippen LogP contribution >= 0.6 is 0 Å². The van der Waals surface area contributed by atoms with E-state index in [1.807, 2.05) is 31.2 Å². The zero-order valence-electron chi connectivity index (χ0n) is 12.6. The van der Waals surface area contributed by atoms with E-state index in [1.54, 1.807) is 31.6 Å². The fourth-order valence-corrected chi connectivity index (χ4v) is 1.81. The molecule has 1 aromatic carbocycles. The number of rotatable bonds is 6. The first-order valence-electron chi connectivity index (χ1n) is 7.04. The number of hydrogen-bond acceptors (Lipinski definition) is 5. The van der Waals surface area contributed by atoms with Crippen molar-refractivity contribution in [2.45, 2.75) is 6.92 Å². The van der Waals surface area contributed by atoms with Gasteiger partial charge in [0.25, 0.3) is 5.91 Å². The molecule has 0 saturated carbocycles. The minimum atomic E-state index is -0.105. The second-order valence-electron chi connectivity index (χ2n) is 4.53. The Balaban J connectivity index is 1.93. The highest BCUT2D eigenvalue weighted by atomic mass is 16.1. The van der Waals surface area contributed by atoms with E-state index in [0.717, 1.165) is 17.8 Å². The molecule has 3 N–H and O–H groups in total. The van der Waals surface area contributed by atoms with Crippen molar-refractivity contribution in [2.24, 2.45) is 5.10 Å². The third kappa shape index (κ3) is 4.31. The van der Waals surface area contributed by atoms with Crippen LogP contribution in [-0.2, 0) is 0 Å². The molecule has 0 aliphatic rings. The number of benzene rings is 1. The van der Waals surface area contributed by atoms with Crippen molar-refractivity contribution in [3.8, 4) is 0 Å². The lowest BCUT2D eigenvalue weighted by molar-refractivity contribution is 0.0963. The van der Waals surface area contributed by atoms with Crippen LogP contribution in [0.15, 0.2) is 47.7 Å². The number of aromatic nitrogens is 1. The smallest absolute Gasteiger partial charge is 0.251 e. The average molecular weight is 297 g/mol. The monoisotopic (exact) mass is 297 g/mol. The van der Waals surface area contributed by atoms with Crippen LogP contribution in [0.1, 0.15) is 22.8 Å². The number of amides is 1. The van der Waals surface area contributed by atoms with Crippen LogP contribution in [-0.4, -0.2) is 30.7 Å². The van der Waals surface area contributed by atoms with Crippen LogP contribution in [0.5, 0.6) is 0 Å². The maximum absolute atomic E-state index is 11.4. The van der Waals surface area contributed by atoms with E-state index in [9.17, 15) is 4.79 Å². The maximum atomic E-state index is 11.4. The van der Waals surface area contributed by atoms with Crippen molar-refractivity contribution < 1.29 is 4.79 Å². The lowest BCUT2D eigenvalue weighted by Gasteiger charge is -2.03. The third-order valence-electron chi connectivity index (χ3n) is 2.94. The number of hydrogen-bond donors (Lipinski definition) is 3. The molecule has 0 spiro atoms. The van der Waals surface area contributed by atoms with Gasteiger partial charge in [0.15, 0.2) is 0 Å². The largest absolute Gasteiger partial charge is 0.384 e. The van der Waals surface area contributed by atoms with Gasteiger partial charge in [-0.1, -0.05) is 12.1 Å². The van der Waals surface area contributed by atoms with E-state index in [1.165, 1.54) is 0 Å². The Bertz CT molecular complexity index is 635. The Morgan fingerprint density at radius 1 is 1.23 bits per heavy atom. The SMILES string of the molecule is CCNc1ccc(N/N=C/c2ccc(C(=O)NC)cc2)nc1. The van der Waals surface area contributed by atoms with Crippen LogP contribution in [0, 0.1) is 0 Å². The number of carbonyl (C=O) groups excluding carboxylic acids is 1. The van der Waals surface area contributed by atoms with Gasteiger partial charge >= 0.3 is 0 Å². The standard InChI is InChI=1S/C16H19N5O/c1-3-18-14-8-9-15(19-11-14)21-20-10-12-4-6-13(7-5-12)16(22)17-2/h4-11,18H,3H2,1-2H3,(H,17,22)(H,19,21)/b20-10+. The molecule has 0 unspecified atom stereocenters. The Labute approximate surface area is 129 Å². The normalized spacial score (nSPS) is 10.5. The molecule has 1 aromatic heterocycles. The molecule has 0 atom stereocenters. The molecule has 114 valence electrons. The van der Waals surface area contributed by atoms with E-state index < -0.39 is 0 Å². The molecule has 1 heterocycles. The van der Waals surface area contributed by atoms with Gasteiger partial charge in [-0.2, -0.15) is 5.10 Å². The van der Waals surface area contributed by atoms with Gasteiger partial charge in [-0.25, -0.2) is 4.98 Å². The minimum absolute atomic E-state index is 0.105. The molecular weight excluding hydrogens is 278 g/mol. The summed E-state index contributed by atoms with van der Waals surface area (Å²) in [4.78, 5) is 15.7. The topological polar surface area (TPSA) is 78.4 Å². The van der Waals surface area contributed by atoms with Crippen LogP contribution in [0.25, 0.3) is 0 Å². The van der Waals surface area contributed by atoms with Crippen molar-refractivity contribution in [1.82, 2.24) is 10.3 Å². The highest BCUT2D eigenvalue weighted by molar-refractivity contribution is 5.94. The predicted octanol–water partition coefficient (Wildman–Crippen LogP) is 2.32. The van der Waals surface area contributed by atoms with Crippen LogP contribution in [0.3, 0.4) is 0 Å². The molecule has 2 rings (SSSR count). The van der Waals surface area contributed by atoms with Crippen LogP contribution < -0.4 is 16.1 Å². The second-order valence-corrected chi connectivity index (χ2v) is 4.53. The van der Waals surface area contributed by atoms with Gasteiger partial charge in [-0.3, -0.25) is 10.2 Å². The Morgan fingerprint density at radius 3 is 2.59 bits per heavy atom. The van der Waals surface area contributed by atoms with E-state index in [-0.39, 0.29) is 5.91 Å².